The molecule has 0 saturated carbocycles. The molecule has 0 heterocycles. The first kappa shape index (κ1) is 12.8. The molecule has 4 heteroatoms. The lowest BCUT2D eigenvalue weighted by Crippen LogP contribution is -2.29. The first-order chi connectivity index (χ1) is 6.83. The van der Waals surface area contributed by atoms with E-state index in [2.05, 4.69) is 42.2 Å². The van der Waals surface area contributed by atoms with Crippen LogP contribution in [0.25, 0.3) is 0 Å². The first-order valence-corrected chi connectivity index (χ1v) is 9.14. The normalized spacial score (nSPS) is 11.3. The predicted molar refractivity (Wildman–Crippen MR) is 73.1 cm³/mol. The van der Waals surface area contributed by atoms with Crippen LogP contribution >= 0.6 is 22.6 Å². The molecule has 0 spiro atoms. The summed E-state index contributed by atoms with van der Waals surface area (Å²) in [4.78, 5) is 0. The Morgan fingerprint density at radius 3 is 2.33 bits per heavy atom. The van der Waals surface area contributed by atoms with Crippen molar-refractivity contribution in [3.63, 3.8) is 0 Å². The molecule has 15 heavy (non-hydrogen) atoms. The van der Waals surface area contributed by atoms with Gasteiger partial charge < -0.3 is 9.16 Å². The Kier molecular flexibility index (Phi) is 4.05. The molecule has 1 aromatic rings. The molecule has 2 nitrogen and oxygen atoms in total. The minimum absolute atomic E-state index is 0.694. The number of methoxy groups -OCH3 is 1. The van der Waals surface area contributed by atoms with Crippen molar-refractivity contribution >= 4 is 30.9 Å². The third-order valence-corrected chi connectivity index (χ3v) is 3.28. The maximum atomic E-state index is 5.96. The lowest BCUT2D eigenvalue weighted by atomic mass is 10.2. The molecule has 1 aromatic carbocycles. The summed E-state index contributed by atoms with van der Waals surface area (Å²) in [6.45, 7) is 12.2. The van der Waals surface area contributed by atoms with E-state index in [0.29, 0.717) is 11.3 Å². The Balaban J connectivity index is 3.15. The molecule has 0 atom stereocenters. The number of ether oxygens (including phenoxy) is 1. The topological polar surface area (TPSA) is 18.5 Å². The van der Waals surface area contributed by atoms with Gasteiger partial charge in [-0.25, -0.2) is 0 Å². The molecular weight excluding hydrogens is 319 g/mol. The summed E-state index contributed by atoms with van der Waals surface area (Å²) >= 11 is 2.21. The van der Waals surface area contributed by atoms with Crippen LogP contribution in [0.2, 0.25) is 19.6 Å². The summed E-state index contributed by atoms with van der Waals surface area (Å²) in [5.74, 6) is 1.52. The smallest absolute Gasteiger partial charge is 0.242 e. The van der Waals surface area contributed by atoms with Crippen LogP contribution in [0, 0.1) is 10.5 Å². The molecule has 0 unspecified atom stereocenters. The zero-order valence-electron chi connectivity index (χ0n) is 9.43. The Hall–Kier alpha value is -0.233. The van der Waals surface area contributed by atoms with Crippen LogP contribution in [0.15, 0.2) is 12.1 Å². The van der Waals surface area contributed by atoms with Crippen LogP contribution in [-0.4, -0.2) is 15.4 Å². The lowest BCUT2D eigenvalue weighted by molar-refractivity contribution is 0.391. The van der Waals surface area contributed by atoms with E-state index < -0.39 is 8.32 Å². The second-order valence-corrected chi connectivity index (χ2v) is 9.84. The van der Waals surface area contributed by atoms with Crippen molar-refractivity contribution < 1.29 is 9.16 Å². The van der Waals surface area contributed by atoms with Gasteiger partial charge in [-0.05, 0) is 66.9 Å². The Bertz CT molecular complexity index is 358. The van der Waals surface area contributed by atoms with Gasteiger partial charge in [-0.3, -0.25) is 0 Å². The van der Waals surface area contributed by atoms with Crippen molar-refractivity contribution in [1.29, 1.82) is 0 Å². The largest absolute Gasteiger partial charge is 0.541 e. The molecule has 82 valence electrons. The van der Waals surface area contributed by atoms with Crippen molar-refractivity contribution in [2.75, 3.05) is 7.11 Å². The van der Waals surface area contributed by atoms with Gasteiger partial charge in [0.2, 0.25) is 8.32 Å². The highest BCUT2D eigenvalue weighted by atomic mass is 127. The van der Waals surface area contributed by atoms with Gasteiger partial charge >= 0.3 is 0 Å². The van der Waals surface area contributed by atoms with Crippen molar-refractivity contribution in [1.82, 2.24) is 0 Å². The van der Waals surface area contributed by atoms with Gasteiger partial charge in [-0.15, -0.1) is 0 Å². The molecule has 0 amide bonds. The number of rotatable bonds is 3. The average molecular weight is 334 g/mol. The Labute approximate surface area is 106 Å². The van der Waals surface area contributed by atoms with E-state index in [-0.39, 0.29) is 0 Å². The summed E-state index contributed by atoms with van der Waals surface area (Å²) in [6, 6.07) is 3.68. The third-order valence-electron chi connectivity index (χ3n) is 1.66. The number of hydrogen-bond acceptors (Lipinski definition) is 2. The Morgan fingerprint density at radius 1 is 1.27 bits per heavy atom. The van der Waals surface area contributed by atoms with E-state index in [9.17, 15) is 0 Å². The second kappa shape index (κ2) is 4.74. The van der Waals surface area contributed by atoms with Crippen LogP contribution in [0.3, 0.4) is 0 Å². The SMILES string of the molecule is [CH]c1cc(I)c(O[Si](C)(C)C)c(OC)c1. The molecule has 0 saturated heterocycles. The molecule has 0 aliphatic heterocycles. The van der Waals surface area contributed by atoms with Gasteiger partial charge in [0.15, 0.2) is 11.5 Å². The van der Waals surface area contributed by atoms with Crippen molar-refractivity contribution in [2.24, 2.45) is 0 Å². The van der Waals surface area contributed by atoms with E-state index in [1.54, 1.807) is 13.2 Å². The molecule has 0 bridgehead atoms. The molecule has 0 aliphatic carbocycles. The Morgan fingerprint density at radius 2 is 1.87 bits per heavy atom. The van der Waals surface area contributed by atoms with Crippen LogP contribution in [0.5, 0.6) is 11.5 Å². The van der Waals surface area contributed by atoms with Crippen LogP contribution in [0.1, 0.15) is 5.56 Å². The van der Waals surface area contributed by atoms with E-state index in [1.807, 2.05) is 6.07 Å². The van der Waals surface area contributed by atoms with E-state index in [1.165, 1.54) is 0 Å². The molecule has 0 aromatic heterocycles. The van der Waals surface area contributed by atoms with Gasteiger partial charge in [0.25, 0.3) is 0 Å². The highest BCUT2D eigenvalue weighted by Crippen LogP contribution is 2.35. The minimum atomic E-state index is -1.62. The molecule has 2 radical (unpaired) electrons. The van der Waals surface area contributed by atoms with Gasteiger partial charge in [-0.1, -0.05) is 0 Å². The number of benzene rings is 1. The quantitative estimate of drug-likeness (QED) is 0.621. The summed E-state index contributed by atoms with van der Waals surface area (Å²) in [6.07, 6.45) is 0. The van der Waals surface area contributed by atoms with Gasteiger partial charge in [0.05, 0.1) is 10.7 Å². The number of halogens is 1. The van der Waals surface area contributed by atoms with Crippen LogP contribution in [-0.2, 0) is 0 Å². The van der Waals surface area contributed by atoms with Gasteiger partial charge in [-0.2, -0.15) is 0 Å². The van der Waals surface area contributed by atoms with Crippen molar-refractivity contribution in [3.05, 3.63) is 28.2 Å². The highest BCUT2D eigenvalue weighted by Gasteiger charge is 2.20. The van der Waals surface area contributed by atoms with E-state index >= 15 is 0 Å². The van der Waals surface area contributed by atoms with Crippen LogP contribution < -0.4 is 9.16 Å². The first-order valence-electron chi connectivity index (χ1n) is 4.65. The highest BCUT2D eigenvalue weighted by molar-refractivity contribution is 14.1. The van der Waals surface area contributed by atoms with Crippen LogP contribution in [0.4, 0.5) is 0 Å². The zero-order chi connectivity index (χ0) is 11.6. The summed E-state index contributed by atoms with van der Waals surface area (Å²) in [7, 11) is 0.00683. The number of hydrogen-bond donors (Lipinski definition) is 0. The fourth-order valence-electron chi connectivity index (χ4n) is 1.15. The molecule has 1 rings (SSSR count). The molecule has 0 N–H and O–H groups in total. The predicted octanol–water partition coefficient (Wildman–Crippen LogP) is 3.57. The standard InChI is InChI=1S/C11H15IO2Si/c1-8-6-9(12)11(10(7-8)13-2)14-15(3,4)5/h1,6-7H,2-5H3. The zero-order valence-corrected chi connectivity index (χ0v) is 12.6. The molecular formula is C11H15IO2Si. The third kappa shape index (κ3) is 3.68. The van der Waals surface area contributed by atoms with Crippen molar-refractivity contribution in [3.8, 4) is 11.5 Å². The fraction of sp³-hybridized carbons (Fsp3) is 0.364. The summed E-state index contributed by atoms with van der Waals surface area (Å²) < 4.78 is 12.2. The fourth-order valence-corrected chi connectivity index (χ4v) is 2.91. The van der Waals surface area contributed by atoms with E-state index in [0.717, 1.165) is 9.32 Å². The second-order valence-electron chi connectivity index (χ2n) is 4.25. The molecule has 0 aliphatic rings. The molecule has 0 fully saturated rings. The van der Waals surface area contributed by atoms with Gasteiger partial charge in [0.1, 0.15) is 0 Å². The van der Waals surface area contributed by atoms with Gasteiger partial charge in [0, 0.05) is 0 Å². The minimum Gasteiger partial charge on any atom is -0.541 e. The summed E-state index contributed by atoms with van der Waals surface area (Å²) in [5, 5.41) is 0. The summed E-state index contributed by atoms with van der Waals surface area (Å²) in [5.41, 5.74) is 0.694. The lowest BCUT2D eigenvalue weighted by Gasteiger charge is -2.22. The monoisotopic (exact) mass is 334 g/mol. The van der Waals surface area contributed by atoms with E-state index in [4.69, 9.17) is 16.1 Å². The average Bonchev–Trinajstić information content (AvgIpc) is 2.07. The maximum Gasteiger partial charge on any atom is 0.242 e. The van der Waals surface area contributed by atoms with Crippen molar-refractivity contribution in [2.45, 2.75) is 19.6 Å². The maximum absolute atomic E-state index is 5.96.